The van der Waals surface area contributed by atoms with Crippen molar-refractivity contribution in [2.24, 2.45) is 0 Å². The van der Waals surface area contributed by atoms with Crippen LogP contribution in [-0.4, -0.2) is 15.0 Å². The molecule has 312 valence electrons. The minimum Gasteiger partial charge on any atom is -0.208 e. The molecule has 3 heteroatoms. The number of nitrogens with zero attached hydrogens (tertiary/aromatic N) is 3. The normalized spacial score (nSPS) is 12.6. The molecule has 13 rings (SSSR count). The average Bonchev–Trinajstić information content (AvgIpc) is 3.65. The van der Waals surface area contributed by atoms with Gasteiger partial charge in [-0.15, -0.1) is 0 Å². The first-order valence-electron chi connectivity index (χ1n) is 22.9. The summed E-state index contributed by atoms with van der Waals surface area (Å²) in [6, 6.07) is 89.6. The van der Waals surface area contributed by atoms with Crippen molar-refractivity contribution in [2.75, 3.05) is 0 Å². The van der Waals surface area contributed by atoms with Crippen LogP contribution in [0.4, 0.5) is 0 Å². The minimum atomic E-state index is -0.638. The molecular weight excluding hydrogens is 811 g/mol. The van der Waals surface area contributed by atoms with Gasteiger partial charge in [0.2, 0.25) is 0 Å². The fraction of sp³-hybridized carbons (Fsp3) is 0.0156. The van der Waals surface area contributed by atoms with Crippen LogP contribution in [0.25, 0.3) is 101 Å². The van der Waals surface area contributed by atoms with E-state index >= 15 is 0 Å². The van der Waals surface area contributed by atoms with Crippen LogP contribution in [0.1, 0.15) is 22.3 Å². The van der Waals surface area contributed by atoms with Crippen LogP contribution in [0, 0.1) is 0 Å². The van der Waals surface area contributed by atoms with Gasteiger partial charge in [0.05, 0.1) is 5.41 Å². The van der Waals surface area contributed by atoms with E-state index in [1.807, 2.05) is 0 Å². The van der Waals surface area contributed by atoms with Gasteiger partial charge in [-0.3, -0.25) is 0 Å². The molecule has 0 amide bonds. The molecule has 67 heavy (non-hydrogen) atoms. The number of benzene rings is 10. The summed E-state index contributed by atoms with van der Waals surface area (Å²) in [4.78, 5) is 16.4. The number of rotatable bonds is 6. The molecule has 1 aromatic heterocycles. The van der Waals surface area contributed by atoms with Crippen molar-refractivity contribution < 1.29 is 0 Å². The van der Waals surface area contributed by atoms with Crippen molar-refractivity contribution in [3.8, 4) is 101 Å². The molecule has 0 N–H and O–H groups in total. The van der Waals surface area contributed by atoms with E-state index < -0.39 is 5.41 Å². The van der Waals surface area contributed by atoms with Gasteiger partial charge in [0.25, 0.3) is 0 Å². The van der Waals surface area contributed by atoms with E-state index in [1.54, 1.807) is 0 Å². The van der Waals surface area contributed by atoms with Crippen LogP contribution in [0.5, 0.6) is 0 Å². The van der Waals surface area contributed by atoms with Gasteiger partial charge < -0.3 is 0 Å². The zero-order valence-corrected chi connectivity index (χ0v) is 36.5. The second-order valence-electron chi connectivity index (χ2n) is 17.4. The van der Waals surface area contributed by atoms with E-state index in [2.05, 4.69) is 249 Å². The van der Waals surface area contributed by atoms with Gasteiger partial charge in [0.15, 0.2) is 17.5 Å². The fourth-order valence-corrected chi connectivity index (χ4v) is 10.8. The third-order valence-corrected chi connectivity index (χ3v) is 13.8. The van der Waals surface area contributed by atoms with Crippen LogP contribution in [0.15, 0.2) is 249 Å². The van der Waals surface area contributed by atoms with Gasteiger partial charge in [-0.2, -0.15) is 0 Å². The van der Waals surface area contributed by atoms with Crippen LogP contribution in [-0.2, 0) is 5.41 Å². The summed E-state index contributed by atoms with van der Waals surface area (Å²) in [7, 11) is 0. The van der Waals surface area contributed by atoms with Crippen LogP contribution >= 0.6 is 0 Å². The zero-order chi connectivity index (χ0) is 44.3. The maximum absolute atomic E-state index is 5.50. The van der Waals surface area contributed by atoms with Gasteiger partial charge in [-0.05, 0) is 113 Å². The number of aromatic nitrogens is 3. The summed E-state index contributed by atoms with van der Waals surface area (Å²) < 4.78 is 0. The molecule has 0 saturated carbocycles. The smallest absolute Gasteiger partial charge is 0.164 e. The summed E-state index contributed by atoms with van der Waals surface area (Å²) >= 11 is 0. The summed E-state index contributed by atoms with van der Waals surface area (Å²) in [5.41, 5.74) is 21.1. The first-order valence-corrected chi connectivity index (χ1v) is 22.9. The lowest BCUT2D eigenvalue weighted by molar-refractivity contribution is 0.775. The Morgan fingerprint density at radius 1 is 0.194 bits per heavy atom. The zero-order valence-electron chi connectivity index (χ0n) is 36.5. The van der Waals surface area contributed by atoms with E-state index in [1.165, 1.54) is 55.6 Å². The Kier molecular flexibility index (Phi) is 9.07. The van der Waals surface area contributed by atoms with Gasteiger partial charge in [-0.1, -0.05) is 224 Å². The van der Waals surface area contributed by atoms with Gasteiger partial charge in [0, 0.05) is 16.7 Å². The first-order chi connectivity index (χ1) is 33.2. The highest BCUT2D eigenvalue weighted by Gasteiger charge is 2.49. The van der Waals surface area contributed by atoms with E-state index in [4.69, 9.17) is 15.0 Å². The van der Waals surface area contributed by atoms with Crippen LogP contribution in [0.3, 0.4) is 0 Å². The minimum absolute atomic E-state index is 0.608. The molecule has 0 bridgehead atoms. The maximum atomic E-state index is 5.50. The molecule has 0 fully saturated rings. The molecule has 3 nitrogen and oxygen atoms in total. The summed E-state index contributed by atoms with van der Waals surface area (Å²) in [6.07, 6.45) is 0. The van der Waals surface area contributed by atoms with E-state index in [-0.39, 0.29) is 0 Å². The molecule has 1 spiro atoms. The van der Waals surface area contributed by atoms with Crippen molar-refractivity contribution in [2.45, 2.75) is 5.41 Å². The van der Waals surface area contributed by atoms with Crippen LogP contribution < -0.4 is 0 Å². The SMILES string of the molecule is c1ccc(-c2cc(-c3ccccc3)cc(-c3nc(-c4ccc5c(c4)C4(c6ccccc6-c6ccccc6-c6ccccc64)c4ccccc4-5)nc(-c4ccccc4-c4ccccc4)n3)c2)cc1. The predicted molar refractivity (Wildman–Crippen MR) is 274 cm³/mol. The Hall–Kier alpha value is -8.79. The Bertz CT molecular complexity index is 3560. The summed E-state index contributed by atoms with van der Waals surface area (Å²) in [5.74, 6) is 1.84. The van der Waals surface area contributed by atoms with Gasteiger partial charge in [0.1, 0.15) is 0 Å². The predicted octanol–water partition coefficient (Wildman–Crippen LogP) is 15.9. The van der Waals surface area contributed by atoms with Gasteiger partial charge >= 0.3 is 0 Å². The molecule has 1 heterocycles. The quantitative estimate of drug-likeness (QED) is 0.167. The van der Waals surface area contributed by atoms with Gasteiger partial charge in [-0.25, -0.2) is 15.0 Å². The van der Waals surface area contributed by atoms with E-state index in [0.717, 1.165) is 50.1 Å². The fourth-order valence-electron chi connectivity index (χ4n) is 10.8. The molecule has 0 radical (unpaired) electrons. The molecular formula is C64H41N3. The summed E-state index contributed by atoms with van der Waals surface area (Å²) in [5, 5.41) is 0. The molecule has 0 atom stereocenters. The topological polar surface area (TPSA) is 38.7 Å². The molecule has 2 aliphatic rings. The Morgan fingerprint density at radius 3 is 1.07 bits per heavy atom. The number of hydrogen-bond donors (Lipinski definition) is 0. The van der Waals surface area contributed by atoms with Crippen molar-refractivity contribution in [3.63, 3.8) is 0 Å². The van der Waals surface area contributed by atoms with Crippen molar-refractivity contribution in [1.29, 1.82) is 0 Å². The average molecular weight is 852 g/mol. The second kappa shape index (κ2) is 15.7. The highest BCUT2D eigenvalue weighted by molar-refractivity contribution is 5.98. The Morgan fingerprint density at radius 2 is 0.552 bits per heavy atom. The van der Waals surface area contributed by atoms with E-state index in [0.29, 0.717) is 17.5 Å². The molecule has 0 saturated heterocycles. The highest BCUT2D eigenvalue weighted by Crippen LogP contribution is 2.61. The molecule has 10 aromatic carbocycles. The third-order valence-electron chi connectivity index (χ3n) is 13.8. The maximum Gasteiger partial charge on any atom is 0.164 e. The third kappa shape index (κ3) is 6.24. The first kappa shape index (κ1) is 38.6. The lowest BCUT2D eigenvalue weighted by Gasteiger charge is -2.35. The summed E-state index contributed by atoms with van der Waals surface area (Å²) in [6.45, 7) is 0. The second-order valence-corrected chi connectivity index (χ2v) is 17.4. The number of hydrogen-bond acceptors (Lipinski definition) is 3. The highest BCUT2D eigenvalue weighted by atomic mass is 15.0. The lowest BCUT2D eigenvalue weighted by atomic mass is 9.66. The largest absolute Gasteiger partial charge is 0.208 e. The number of fused-ring (bicyclic) bond motifs is 12. The van der Waals surface area contributed by atoms with Crippen LogP contribution in [0.2, 0.25) is 0 Å². The van der Waals surface area contributed by atoms with Crippen molar-refractivity contribution >= 4 is 0 Å². The molecule has 0 unspecified atom stereocenters. The van der Waals surface area contributed by atoms with Crippen molar-refractivity contribution in [3.05, 3.63) is 271 Å². The molecule has 11 aromatic rings. The monoisotopic (exact) mass is 851 g/mol. The molecule has 0 aliphatic heterocycles. The Labute approximate surface area is 390 Å². The standard InChI is InChI=1S/C64H41N3/c1-4-20-42(21-5-1)46-38-47(43-22-6-2-7-23-43)40-48(39-46)62-65-61(66-63(67-62)56-32-13-10-26-49(56)44-24-8-3-9-25-44)45-36-37-55-54-31-16-19-35-59(54)64(60(55)41-45)57-33-17-14-29-52(57)50-27-11-12-28-51(50)53-30-15-18-34-58(53)64/h1-41H. The van der Waals surface area contributed by atoms with Crippen molar-refractivity contribution in [1.82, 2.24) is 15.0 Å². The van der Waals surface area contributed by atoms with E-state index in [9.17, 15) is 0 Å². The molecule has 2 aliphatic carbocycles. The lowest BCUT2D eigenvalue weighted by Crippen LogP contribution is -2.29. The Balaban J connectivity index is 1.09.